The van der Waals surface area contributed by atoms with Crippen LogP contribution in [-0.2, 0) is 19.0 Å². The number of benzene rings is 1. The molecule has 0 spiro atoms. The van der Waals surface area contributed by atoms with Gasteiger partial charge in [0.1, 0.15) is 12.4 Å². The van der Waals surface area contributed by atoms with Crippen LogP contribution < -0.4 is 10.1 Å². The van der Waals surface area contributed by atoms with E-state index < -0.39 is 5.97 Å². The Morgan fingerprint density at radius 2 is 2.12 bits per heavy atom. The smallest absolute Gasteiger partial charge is 0.337 e. The van der Waals surface area contributed by atoms with E-state index in [1.807, 2.05) is 0 Å². The van der Waals surface area contributed by atoms with E-state index in [1.54, 1.807) is 12.1 Å². The summed E-state index contributed by atoms with van der Waals surface area (Å²) >= 11 is 0. The topological polar surface area (TPSA) is 83.1 Å². The maximum Gasteiger partial charge on any atom is 0.337 e. The van der Waals surface area contributed by atoms with Gasteiger partial charge in [-0.15, -0.1) is 0 Å². The fourth-order valence-electron chi connectivity index (χ4n) is 2.35. The van der Waals surface area contributed by atoms with Crippen LogP contribution in [-0.4, -0.2) is 45.1 Å². The number of rotatable bonds is 7. The highest BCUT2D eigenvalue weighted by molar-refractivity contribution is 5.94. The van der Waals surface area contributed by atoms with Gasteiger partial charge < -0.3 is 24.3 Å². The number of methoxy groups -OCH3 is 1. The molecule has 132 valence electrons. The van der Waals surface area contributed by atoms with Crippen LogP contribution >= 0.6 is 0 Å². The molecule has 1 heterocycles. The summed E-state index contributed by atoms with van der Waals surface area (Å²) in [5, 5.41) is 2.67. The van der Waals surface area contributed by atoms with E-state index >= 15 is 0 Å². The maximum absolute atomic E-state index is 11.6. The highest BCUT2D eigenvalue weighted by Gasteiger charge is 2.15. The Labute approximate surface area is 141 Å². The normalized spacial score (nSPS) is 17.2. The Bertz CT molecular complexity index is 568. The van der Waals surface area contributed by atoms with E-state index in [0.717, 1.165) is 25.9 Å². The zero-order chi connectivity index (χ0) is 17.4. The molecule has 2 rings (SSSR count). The summed E-state index contributed by atoms with van der Waals surface area (Å²) in [5.74, 6) is -0.306. The number of nitrogens with one attached hydrogen (secondary N) is 1. The van der Waals surface area contributed by atoms with Gasteiger partial charge in [-0.25, -0.2) is 4.79 Å². The van der Waals surface area contributed by atoms with Crippen LogP contribution in [0.25, 0.3) is 0 Å². The molecule has 1 N–H and O–H groups in total. The number of carbonyl (C=O) groups excluding carboxylic acids is 2. The quantitative estimate of drug-likeness (QED) is 0.607. The van der Waals surface area contributed by atoms with E-state index in [1.165, 1.54) is 20.1 Å². The first kappa shape index (κ1) is 18.2. The Morgan fingerprint density at radius 3 is 2.79 bits per heavy atom. The van der Waals surface area contributed by atoms with Crippen LogP contribution in [0.15, 0.2) is 18.2 Å². The molecule has 7 nitrogen and oxygen atoms in total. The molecule has 1 aromatic carbocycles. The molecule has 1 saturated heterocycles. The lowest BCUT2D eigenvalue weighted by molar-refractivity contribution is -0.165. The molecule has 0 saturated carbocycles. The van der Waals surface area contributed by atoms with Crippen molar-refractivity contribution in [2.45, 2.75) is 32.5 Å². The molecule has 0 radical (unpaired) electrons. The minimum atomic E-state index is -0.471. The zero-order valence-corrected chi connectivity index (χ0v) is 14.0. The summed E-state index contributed by atoms with van der Waals surface area (Å²) in [6, 6.07) is 4.71. The molecule has 1 unspecified atom stereocenters. The second-order valence-corrected chi connectivity index (χ2v) is 5.40. The molecular weight excluding hydrogens is 314 g/mol. The van der Waals surface area contributed by atoms with Gasteiger partial charge >= 0.3 is 5.97 Å². The van der Waals surface area contributed by atoms with Crippen molar-refractivity contribution >= 4 is 17.6 Å². The van der Waals surface area contributed by atoms with Crippen molar-refractivity contribution in [2.75, 3.05) is 32.2 Å². The van der Waals surface area contributed by atoms with Crippen molar-refractivity contribution in [1.29, 1.82) is 0 Å². The summed E-state index contributed by atoms with van der Waals surface area (Å²) in [6.07, 6.45) is 2.86. The van der Waals surface area contributed by atoms with E-state index in [0.29, 0.717) is 23.6 Å². The maximum atomic E-state index is 11.6. The number of hydrogen-bond acceptors (Lipinski definition) is 6. The van der Waals surface area contributed by atoms with Crippen LogP contribution in [0.2, 0.25) is 0 Å². The second-order valence-electron chi connectivity index (χ2n) is 5.40. The average Bonchev–Trinajstić information content (AvgIpc) is 2.59. The van der Waals surface area contributed by atoms with Gasteiger partial charge in [-0.3, -0.25) is 4.79 Å². The predicted molar refractivity (Wildman–Crippen MR) is 87.1 cm³/mol. The van der Waals surface area contributed by atoms with E-state index in [-0.39, 0.29) is 18.8 Å². The van der Waals surface area contributed by atoms with Crippen LogP contribution in [0.1, 0.15) is 36.5 Å². The fraction of sp³-hybridized carbons (Fsp3) is 0.529. The van der Waals surface area contributed by atoms with Gasteiger partial charge in [0, 0.05) is 13.5 Å². The van der Waals surface area contributed by atoms with Crippen LogP contribution in [0.4, 0.5) is 5.69 Å². The van der Waals surface area contributed by atoms with Gasteiger partial charge in [-0.05, 0) is 37.5 Å². The lowest BCUT2D eigenvalue weighted by Crippen LogP contribution is -2.24. The summed E-state index contributed by atoms with van der Waals surface area (Å²) in [7, 11) is 1.31. The SMILES string of the molecule is COC(=O)c1ccc(NC(C)=O)c(OCCOC2CCCCO2)c1. The average molecular weight is 337 g/mol. The van der Waals surface area contributed by atoms with Crippen molar-refractivity contribution in [2.24, 2.45) is 0 Å². The molecule has 1 aromatic rings. The largest absolute Gasteiger partial charge is 0.489 e. The molecular formula is C17H23NO6. The van der Waals surface area contributed by atoms with Gasteiger partial charge in [-0.2, -0.15) is 0 Å². The lowest BCUT2D eigenvalue weighted by Gasteiger charge is -2.22. The molecule has 0 aromatic heterocycles. The van der Waals surface area contributed by atoms with Gasteiger partial charge in [0.15, 0.2) is 6.29 Å². The first-order valence-electron chi connectivity index (χ1n) is 7.96. The summed E-state index contributed by atoms with van der Waals surface area (Å²) in [5.41, 5.74) is 0.835. The molecule has 1 aliphatic heterocycles. The lowest BCUT2D eigenvalue weighted by atomic mass is 10.2. The molecule has 0 bridgehead atoms. The Morgan fingerprint density at radius 1 is 1.29 bits per heavy atom. The number of amides is 1. The summed E-state index contributed by atoms with van der Waals surface area (Å²) < 4.78 is 21.4. The Kier molecular flexibility index (Phi) is 7.02. The minimum absolute atomic E-state index is 0.182. The van der Waals surface area contributed by atoms with Gasteiger partial charge in [0.25, 0.3) is 0 Å². The molecule has 0 aliphatic carbocycles. The standard InChI is InChI=1S/C17H23NO6/c1-12(19)18-14-7-6-13(17(20)21-2)11-15(14)22-9-10-24-16-5-3-4-8-23-16/h6-7,11,16H,3-5,8-10H2,1-2H3,(H,18,19). The zero-order valence-electron chi connectivity index (χ0n) is 14.0. The molecule has 1 aliphatic rings. The molecule has 1 fully saturated rings. The van der Waals surface area contributed by atoms with E-state index in [2.05, 4.69) is 5.32 Å². The molecule has 1 atom stereocenters. The van der Waals surface area contributed by atoms with Crippen molar-refractivity contribution in [1.82, 2.24) is 0 Å². The third-order valence-electron chi connectivity index (χ3n) is 3.50. The fourth-order valence-corrected chi connectivity index (χ4v) is 2.35. The Hall–Kier alpha value is -2.12. The number of hydrogen-bond donors (Lipinski definition) is 1. The number of anilines is 1. The summed E-state index contributed by atoms with van der Waals surface area (Å²) in [6.45, 7) is 2.75. The second kappa shape index (κ2) is 9.24. The van der Waals surface area contributed by atoms with Crippen molar-refractivity contribution in [3.8, 4) is 5.75 Å². The van der Waals surface area contributed by atoms with Crippen LogP contribution in [0.5, 0.6) is 5.75 Å². The number of esters is 1. The van der Waals surface area contributed by atoms with Crippen molar-refractivity contribution in [3.63, 3.8) is 0 Å². The van der Waals surface area contributed by atoms with Crippen LogP contribution in [0, 0.1) is 0 Å². The van der Waals surface area contributed by atoms with Gasteiger partial charge in [0.2, 0.25) is 5.91 Å². The monoisotopic (exact) mass is 337 g/mol. The van der Waals surface area contributed by atoms with Gasteiger partial charge in [-0.1, -0.05) is 0 Å². The highest BCUT2D eigenvalue weighted by Crippen LogP contribution is 2.26. The molecule has 24 heavy (non-hydrogen) atoms. The van der Waals surface area contributed by atoms with Crippen molar-refractivity contribution in [3.05, 3.63) is 23.8 Å². The van der Waals surface area contributed by atoms with Crippen LogP contribution in [0.3, 0.4) is 0 Å². The first-order chi connectivity index (χ1) is 11.6. The first-order valence-corrected chi connectivity index (χ1v) is 7.96. The third kappa shape index (κ3) is 5.50. The summed E-state index contributed by atoms with van der Waals surface area (Å²) in [4.78, 5) is 22.9. The molecule has 1 amide bonds. The van der Waals surface area contributed by atoms with Gasteiger partial charge in [0.05, 0.1) is 25.0 Å². The van der Waals surface area contributed by atoms with E-state index in [9.17, 15) is 9.59 Å². The number of carbonyl (C=O) groups is 2. The third-order valence-corrected chi connectivity index (χ3v) is 3.50. The predicted octanol–water partition coefficient (Wildman–Crippen LogP) is 2.35. The Balaban J connectivity index is 1.94. The van der Waals surface area contributed by atoms with Crippen molar-refractivity contribution < 1.29 is 28.5 Å². The molecule has 7 heteroatoms. The van der Waals surface area contributed by atoms with E-state index in [4.69, 9.17) is 18.9 Å². The number of ether oxygens (including phenoxy) is 4. The minimum Gasteiger partial charge on any atom is -0.489 e. The highest BCUT2D eigenvalue weighted by atomic mass is 16.7.